The quantitative estimate of drug-likeness (QED) is 0.210. The Morgan fingerprint density at radius 2 is 1.08 bits per heavy atom. The van der Waals surface area contributed by atoms with Crippen molar-refractivity contribution in [3.63, 3.8) is 0 Å². The molecule has 0 saturated carbocycles. The number of hydrogen-bond acceptors (Lipinski definition) is 0. The van der Waals surface area contributed by atoms with Crippen molar-refractivity contribution in [2.45, 2.75) is 0 Å². The molecule has 0 nitrogen and oxygen atoms in total. The van der Waals surface area contributed by atoms with Gasteiger partial charge in [0, 0.05) is 0 Å². The van der Waals surface area contributed by atoms with E-state index in [0.717, 1.165) is 0 Å². The van der Waals surface area contributed by atoms with Crippen LogP contribution in [0.2, 0.25) is 0 Å². The Morgan fingerprint density at radius 1 is 0.692 bits per heavy atom. The summed E-state index contributed by atoms with van der Waals surface area (Å²) in [5.74, 6) is 0. The Kier molecular flexibility index (Phi) is 8.03. The summed E-state index contributed by atoms with van der Waals surface area (Å²) in [4.78, 5) is 0. The predicted molar refractivity (Wildman–Crippen MR) is 104 cm³/mol. The van der Waals surface area contributed by atoms with E-state index in [1.165, 1.54) is 31.9 Å². The Morgan fingerprint density at radius 3 is 1.42 bits per heavy atom. The maximum Gasteiger partial charge on any atom is 4.00 e. The standard InChI is InChI=1S/C22H18Si.2ClH.Hf/c1-3-23(4-2,21-13-17-9-5-6-10-18(17)14-21)22-15-19-11-7-8-12-20(19)16-22;;;/h3-16H,1-2H2;2*1H;/q-2;;;+4/p-2. The topological polar surface area (TPSA) is 0 Å². The van der Waals surface area contributed by atoms with Gasteiger partial charge < -0.3 is 24.8 Å². The van der Waals surface area contributed by atoms with Gasteiger partial charge in [-0.05, 0) is 0 Å². The van der Waals surface area contributed by atoms with Crippen molar-refractivity contribution in [3.8, 4) is 0 Å². The largest absolute Gasteiger partial charge is 4.00 e. The van der Waals surface area contributed by atoms with E-state index in [9.17, 15) is 0 Å². The molecule has 0 aliphatic carbocycles. The molecule has 0 amide bonds. The number of rotatable bonds is 4. The van der Waals surface area contributed by atoms with Gasteiger partial charge in [-0.15, -0.1) is 82.8 Å². The Bertz CT molecular complexity index is 879. The van der Waals surface area contributed by atoms with E-state index in [0.29, 0.717) is 0 Å². The molecule has 0 saturated heterocycles. The van der Waals surface area contributed by atoms with E-state index in [-0.39, 0.29) is 50.7 Å². The number of halogens is 2. The van der Waals surface area contributed by atoms with Crippen LogP contribution in [0.15, 0.2) is 97.4 Å². The molecule has 0 aliphatic heterocycles. The van der Waals surface area contributed by atoms with Crippen molar-refractivity contribution in [3.05, 3.63) is 97.4 Å². The second-order valence-electron chi connectivity index (χ2n) is 6.02. The first-order valence-corrected chi connectivity index (χ1v) is 10.0. The molecule has 0 heterocycles. The van der Waals surface area contributed by atoms with Crippen molar-refractivity contribution >= 4 is 40.0 Å². The van der Waals surface area contributed by atoms with Crippen molar-refractivity contribution < 1.29 is 50.7 Å². The molecule has 0 N–H and O–H groups in total. The van der Waals surface area contributed by atoms with Gasteiger partial charge in [-0.3, -0.25) is 0 Å². The SMILES string of the molecule is C=C[Si](C=C)(c1cc2ccccc2[cH-]1)c1cc2ccccc2[cH-]1.[Cl-].[Cl-].[Hf+4]. The van der Waals surface area contributed by atoms with Crippen molar-refractivity contribution in [1.82, 2.24) is 0 Å². The number of hydrogen-bond donors (Lipinski definition) is 0. The second kappa shape index (κ2) is 9.14. The van der Waals surface area contributed by atoms with Gasteiger partial charge in [0.15, 0.2) is 0 Å². The monoisotopic (exact) mass is 560 g/mol. The first-order valence-electron chi connectivity index (χ1n) is 7.86. The summed E-state index contributed by atoms with van der Waals surface area (Å²) < 4.78 is 0. The Hall–Kier alpha value is -1.19. The fourth-order valence-corrected chi connectivity index (χ4v) is 6.52. The molecule has 4 rings (SSSR count). The van der Waals surface area contributed by atoms with Crippen LogP contribution in [0, 0.1) is 0 Å². The zero-order chi connectivity index (χ0) is 15.9. The molecular weight excluding hydrogens is 542 g/mol. The minimum atomic E-state index is -2.13. The van der Waals surface area contributed by atoms with E-state index in [1.807, 2.05) is 0 Å². The third-order valence-electron chi connectivity index (χ3n) is 4.84. The molecular formula is C22H18Cl2HfSi. The van der Waals surface area contributed by atoms with Gasteiger partial charge in [0.2, 0.25) is 0 Å². The van der Waals surface area contributed by atoms with Crippen molar-refractivity contribution in [2.24, 2.45) is 0 Å². The Labute approximate surface area is 187 Å². The first kappa shape index (κ1) is 22.8. The van der Waals surface area contributed by atoms with Crippen LogP contribution >= 0.6 is 0 Å². The average molecular weight is 560 g/mol. The minimum absolute atomic E-state index is 0. The van der Waals surface area contributed by atoms with Crippen LogP contribution in [-0.4, -0.2) is 8.07 Å². The fourth-order valence-electron chi connectivity index (χ4n) is 3.50. The second-order valence-corrected chi connectivity index (χ2v) is 9.73. The van der Waals surface area contributed by atoms with Crippen LogP contribution in [0.3, 0.4) is 0 Å². The van der Waals surface area contributed by atoms with Gasteiger partial charge in [0.1, 0.15) is 8.07 Å². The third-order valence-corrected chi connectivity index (χ3v) is 8.61. The van der Waals surface area contributed by atoms with Crippen LogP contribution in [0.4, 0.5) is 0 Å². The van der Waals surface area contributed by atoms with Gasteiger partial charge >= 0.3 is 25.8 Å². The molecule has 0 spiro atoms. The maximum atomic E-state index is 4.19. The molecule has 4 aromatic rings. The zero-order valence-electron chi connectivity index (χ0n) is 14.3. The predicted octanol–water partition coefficient (Wildman–Crippen LogP) is -1.55. The molecule has 0 bridgehead atoms. The van der Waals surface area contributed by atoms with E-state index in [4.69, 9.17) is 0 Å². The average Bonchev–Trinajstić information content (AvgIpc) is 3.21. The molecule has 0 unspecified atom stereocenters. The van der Waals surface area contributed by atoms with Crippen LogP contribution in [0.5, 0.6) is 0 Å². The molecule has 26 heavy (non-hydrogen) atoms. The molecule has 0 radical (unpaired) electrons. The molecule has 4 aromatic carbocycles. The van der Waals surface area contributed by atoms with Gasteiger partial charge in [-0.2, -0.15) is 22.9 Å². The van der Waals surface area contributed by atoms with Gasteiger partial charge in [-0.25, -0.2) is 0 Å². The normalized spacial score (nSPS) is 10.5. The molecule has 4 heteroatoms. The van der Waals surface area contributed by atoms with Crippen LogP contribution in [0.1, 0.15) is 0 Å². The van der Waals surface area contributed by atoms with Crippen molar-refractivity contribution in [2.75, 3.05) is 0 Å². The molecule has 128 valence electrons. The molecule has 0 atom stereocenters. The first-order chi connectivity index (χ1) is 11.3. The summed E-state index contributed by atoms with van der Waals surface area (Å²) in [6, 6.07) is 26.3. The number of benzene rings is 2. The van der Waals surface area contributed by atoms with E-state index in [2.05, 4.69) is 97.4 Å². The third kappa shape index (κ3) is 3.61. The van der Waals surface area contributed by atoms with Crippen LogP contribution < -0.4 is 35.2 Å². The van der Waals surface area contributed by atoms with Gasteiger partial charge in [-0.1, -0.05) is 23.5 Å². The molecule has 0 fully saturated rings. The van der Waals surface area contributed by atoms with Crippen LogP contribution in [-0.2, 0) is 25.8 Å². The summed E-state index contributed by atoms with van der Waals surface area (Å²) in [5.41, 5.74) is 4.28. The van der Waals surface area contributed by atoms with Crippen LogP contribution in [0.25, 0.3) is 21.5 Å². The maximum absolute atomic E-state index is 4.19. The van der Waals surface area contributed by atoms with E-state index >= 15 is 0 Å². The summed E-state index contributed by atoms with van der Waals surface area (Å²) in [5, 5.41) is 7.88. The van der Waals surface area contributed by atoms with Gasteiger partial charge in [0.05, 0.1) is 0 Å². The minimum Gasteiger partial charge on any atom is -1.00 e. The summed E-state index contributed by atoms with van der Waals surface area (Å²) >= 11 is 0. The smallest absolute Gasteiger partial charge is 1.00 e. The zero-order valence-corrected chi connectivity index (χ0v) is 20.4. The number of fused-ring (bicyclic) bond motifs is 2. The molecule has 0 aromatic heterocycles. The van der Waals surface area contributed by atoms with Crippen molar-refractivity contribution in [1.29, 1.82) is 0 Å². The fraction of sp³-hybridized carbons (Fsp3) is 0. The summed E-state index contributed by atoms with van der Waals surface area (Å²) in [6.45, 7) is 8.38. The Balaban J connectivity index is 0.00000113. The van der Waals surface area contributed by atoms with E-state index < -0.39 is 8.07 Å². The molecule has 0 aliphatic rings. The summed E-state index contributed by atoms with van der Waals surface area (Å²) in [6.07, 6.45) is 0. The van der Waals surface area contributed by atoms with Gasteiger partial charge in [0.25, 0.3) is 0 Å². The summed E-state index contributed by atoms with van der Waals surface area (Å²) in [7, 11) is -2.13. The van der Waals surface area contributed by atoms with E-state index in [1.54, 1.807) is 0 Å².